The summed E-state index contributed by atoms with van der Waals surface area (Å²) in [6.07, 6.45) is -0.144. The van der Waals surface area contributed by atoms with Gasteiger partial charge < -0.3 is 9.84 Å². The molecular weight excluding hydrogens is 199 g/mol. The van der Waals surface area contributed by atoms with Crippen LogP contribution in [0.15, 0.2) is 12.1 Å². The van der Waals surface area contributed by atoms with Crippen molar-refractivity contribution in [3.05, 3.63) is 29.1 Å². The number of aryl methyl sites for hydroxylation is 1. The summed E-state index contributed by atoms with van der Waals surface area (Å²) in [6.45, 7) is 5.16. The lowest BCUT2D eigenvalue weighted by atomic mass is 10.1. The molecule has 15 heavy (non-hydrogen) atoms. The summed E-state index contributed by atoms with van der Waals surface area (Å²) in [5, 5.41) is 8.76. The van der Waals surface area contributed by atoms with Gasteiger partial charge in [-0.05, 0) is 38.5 Å². The van der Waals surface area contributed by atoms with E-state index in [0.29, 0.717) is 5.56 Å². The molecule has 0 atom stereocenters. The Morgan fingerprint density at radius 3 is 2.53 bits per heavy atom. The zero-order valence-electron chi connectivity index (χ0n) is 8.87. The Bertz CT molecular complexity index is 386. The van der Waals surface area contributed by atoms with Gasteiger partial charge in [0.15, 0.2) is 11.6 Å². The van der Waals surface area contributed by atoms with Gasteiger partial charge in [0, 0.05) is 0 Å². The lowest BCUT2D eigenvalue weighted by molar-refractivity contribution is 0.0695. The largest absolute Gasteiger partial charge is 0.488 e. The Hall–Kier alpha value is -1.58. The van der Waals surface area contributed by atoms with Crippen LogP contribution in [-0.4, -0.2) is 17.2 Å². The highest BCUT2D eigenvalue weighted by Gasteiger charge is 2.13. The van der Waals surface area contributed by atoms with Gasteiger partial charge in [0.1, 0.15) is 0 Å². The van der Waals surface area contributed by atoms with E-state index < -0.39 is 11.8 Å². The molecule has 1 aromatic carbocycles. The van der Waals surface area contributed by atoms with Crippen molar-refractivity contribution >= 4 is 5.97 Å². The molecule has 4 heteroatoms. The fraction of sp³-hybridized carbons (Fsp3) is 0.364. The number of rotatable bonds is 3. The minimum atomic E-state index is -1.14. The Morgan fingerprint density at radius 2 is 2.07 bits per heavy atom. The van der Waals surface area contributed by atoms with E-state index >= 15 is 0 Å². The molecule has 1 rings (SSSR count). The first-order valence-electron chi connectivity index (χ1n) is 4.62. The van der Waals surface area contributed by atoms with Crippen LogP contribution in [0.2, 0.25) is 0 Å². The first-order chi connectivity index (χ1) is 6.91. The predicted molar refractivity (Wildman–Crippen MR) is 53.9 cm³/mol. The number of carboxylic acids is 1. The second-order valence-electron chi connectivity index (χ2n) is 3.57. The summed E-state index contributed by atoms with van der Waals surface area (Å²) in [6, 6.07) is 2.38. The zero-order chi connectivity index (χ0) is 11.6. The Labute approximate surface area is 87.5 Å². The second kappa shape index (κ2) is 4.29. The molecule has 0 bridgehead atoms. The minimum Gasteiger partial charge on any atom is -0.488 e. The molecule has 0 unspecified atom stereocenters. The molecule has 0 heterocycles. The van der Waals surface area contributed by atoms with Crippen molar-refractivity contribution in [2.75, 3.05) is 0 Å². The van der Waals surface area contributed by atoms with Gasteiger partial charge in [0.25, 0.3) is 0 Å². The fourth-order valence-corrected chi connectivity index (χ4v) is 1.23. The maximum atomic E-state index is 13.4. The van der Waals surface area contributed by atoms with E-state index in [0.717, 1.165) is 6.07 Å². The molecule has 0 amide bonds. The molecular formula is C11H13FO3. The summed E-state index contributed by atoms with van der Waals surface area (Å²) in [5.41, 5.74) is 0.447. The van der Waals surface area contributed by atoms with E-state index in [-0.39, 0.29) is 17.4 Å². The van der Waals surface area contributed by atoms with E-state index in [1.807, 2.05) is 0 Å². The fourth-order valence-electron chi connectivity index (χ4n) is 1.23. The van der Waals surface area contributed by atoms with Gasteiger partial charge in [0.2, 0.25) is 0 Å². The van der Waals surface area contributed by atoms with Gasteiger partial charge in [-0.15, -0.1) is 0 Å². The normalized spacial score (nSPS) is 10.5. The van der Waals surface area contributed by atoms with Crippen molar-refractivity contribution in [3.63, 3.8) is 0 Å². The van der Waals surface area contributed by atoms with Crippen LogP contribution in [0.1, 0.15) is 29.8 Å². The Balaban J connectivity index is 3.13. The number of carboxylic acid groups (broad SMARTS) is 1. The van der Waals surface area contributed by atoms with E-state index in [4.69, 9.17) is 9.84 Å². The third-order valence-corrected chi connectivity index (χ3v) is 1.87. The van der Waals surface area contributed by atoms with Crippen LogP contribution in [-0.2, 0) is 0 Å². The number of halogens is 1. The zero-order valence-corrected chi connectivity index (χ0v) is 8.87. The van der Waals surface area contributed by atoms with Crippen LogP contribution in [0.3, 0.4) is 0 Å². The number of carbonyl (C=O) groups is 1. The van der Waals surface area contributed by atoms with E-state index in [2.05, 4.69) is 0 Å². The average Bonchev–Trinajstić information content (AvgIpc) is 2.09. The Kier molecular flexibility index (Phi) is 3.29. The minimum absolute atomic E-state index is 0.0383. The quantitative estimate of drug-likeness (QED) is 0.837. The van der Waals surface area contributed by atoms with Gasteiger partial charge in [-0.2, -0.15) is 0 Å². The van der Waals surface area contributed by atoms with Gasteiger partial charge in [0.05, 0.1) is 11.7 Å². The molecule has 1 N–H and O–H groups in total. The van der Waals surface area contributed by atoms with Crippen molar-refractivity contribution in [3.8, 4) is 5.75 Å². The standard InChI is InChI=1S/C11H13FO3/c1-6(2)15-10-4-7(3)8(11(13)14)5-9(10)12/h4-6H,1-3H3,(H,13,14). The van der Waals surface area contributed by atoms with Crippen molar-refractivity contribution in [2.45, 2.75) is 26.9 Å². The van der Waals surface area contributed by atoms with E-state index in [1.54, 1.807) is 20.8 Å². The SMILES string of the molecule is Cc1cc(OC(C)C)c(F)cc1C(=O)O. The van der Waals surface area contributed by atoms with Gasteiger partial charge in [-0.3, -0.25) is 0 Å². The maximum Gasteiger partial charge on any atom is 0.336 e. The van der Waals surface area contributed by atoms with E-state index in [1.165, 1.54) is 6.07 Å². The summed E-state index contributed by atoms with van der Waals surface area (Å²) < 4.78 is 18.6. The van der Waals surface area contributed by atoms with Crippen LogP contribution in [0.25, 0.3) is 0 Å². The maximum absolute atomic E-state index is 13.4. The number of aromatic carboxylic acids is 1. The molecule has 82 valence electrons. The number of ether oxygens (including phenoxy) is 1. The van der Waals surface area contributed by atoms with Gasteiger partial charge >= 0.3 is 5.97 Å². The second-order valence-corrected chi connectivity index (χ2v) is 3.57. The molecule has 1 aromatic rings. The van der Waals surface area contributed by atoms with E-state index in [9.17, 15) is 9.18 Å². The highest BCUT2D eigenvalue weighted by atomic mass is 19.1. The third-order valence-electron chi connectivity index (χ3n) is 1.87. The number of hydrogen-bond donors (Lipinski definition) is 1. The van der Waals surface area contributed by atoms with Gasteiger partial charge in [-0.1, -0.05) is 0 Å². The molecule has 0 aromatic heterocycles. The van der Waals surface area contributed by atoms with Crippen molar-refractivity contribution in [2.24, 2.45) is 0 Å². The van der Waals surface area contributed by atoms with Crippen LogP contribution < -0.4 is 4.74 Å². The summed E-state index contributed by atoms with van der Waals surface area (Å²) in [5.74, 6) is -1.69. The molecule has 0 aliphatic carbocycles. The molecule has 0 aliphatic heterocycles. The Morgan fingerprint density at radius 1 is 1.47 bits per heavy atom. The molecule has 0 saturated carbocycles. The average molecular weight is 212 g/mol. The molecule has 0 saturated heterocycles. The summed E-state index contributed by atoms with van der Waals surface area (Å²) in [4.78, 5) is 10.7. The third kappa shape index (κ3) is 2.68. The topological polar surface area (TPSA) is 46.5 Å². The molecule has 3 nitrogen and oxygen atoms in total. The lowest BCUT2D eigenvalue weighted by Crippen LogP contribution is -2.09. The van der Waals surface area contributed by atoms with Crippen molar-refractivity contribution < 1.29 is 19.0 Å². The molecule has 0 radical (unpaired) electrons. The number of benzene rings is 1. The van der Waals surface area contributed by atoms with Crippen molar-refractivity contribution in [1.82, 2.24) is 0 Å². The van der Waals surface area contributed by atoms with Crippen LogP contribution in [0.4, 0.5) is 4.39 Å². The summed E-state index contributed by atoms with van der Waals surface area (Å²) in [7, 11) is 0. The molecule has 0 aliphatic rings. The van der Waals surface area contributed by atoms with Crippen LogP contribution in [0.5, 0.6) is 5.75 Å². The smallest absolute Gasteiger partial charge is 0.336 e. The highest BCUT2D eigenvalue weighted by Crippen LogP contribution is 2.23. The summed E-state index contributed by atoms with van der Waals surface area (Å²) >= 11 is 0. The highest BCUT2D eigenvalue weighted by molar-refractivity contribution is 5.89. The first-order valence-corrected chi connectivity index (χ1v) is 4.62. The predicted octanol–water partition coefficient (Wildman–Crippen LogP) is 2.62. The lowest BCUT2D eigenvalue weighted by Gasteiger charge is -2.12. The van der Waals surface area contributed by atoms with Crippen LogP contribution in [0, 0.1) is 12.7 Å². The first kappa shape index (κ1) is 11.5. The molecule has 0 fully saturated rings. The number of hydrogen-bond acceptors (Lipinski definition) is 2. The monoisotopic (exact) mass is 212 g/mol. The molecule has 0 spiro atoms. The van der Waals surface area contributed by atoms with Crippen molar-refractivity contribution in [1.29, 1.82) is 0 Å². The van der Waals surface area contributed by atoms with Gasteiger partial charge in [-0.25, -0.2) is 9.18 Å². The van der Waals surface area contributed by atoms with Crippen LogP contribution >= 0.6 is 0 Å².